The molecule has 0 bridgehead atoms. The molecule has 0 aliphatic heterocycles. The van der Waals surface area contributed by atoms with Crippen molar-refractivity contribution in [1.82, 2.24) is 0 Å². The SMILES string of the molecule is N#Cc1cc(F)cc(Oc2ccc3c4c2C(F)C(F)C4C(F)(F)C3(F)F)c1. The van der Waals surface area contributed by atoms with Gasteiger partial charge in [0.05, 0.1) is 17.6 Å². The second-order valence-electron chi connectivity index (χ2n) is 6.35. The highest BCUT2D eigenvalue weighted by Crippen LogP contribution is 2.67. The van der Waals surface area contributed by atoms with E-state index in [1.165, 1.54) is 0 Å². The molecule has 3 atom stereocenters. The fourth-order valence-electron chi connectivity index (χ4n) is 3.66. The first kappa shape index (κ1) is 17.6. The van der Waals surface area contributed by atoms with Gasteiger partial charge in [-0.2, -0.15) is 22.8 Å². The minimum absolute atomic E-state index is 0.140. The highest BCUT2D eigenvalue weighted by atomic mass is 19.3. The van der Waals surface area contributed by atoms with Gasteiger partial charge in [0.1, 0.15) is 23.5 Å². The van der Waals surface area contributed by atoms with E-state index < -0.39 is 58.4 Å². The molecule has 4 rings (SSSR count). The first-order chi connectivity index (χ1) is 12.6. The van der Waals surface area contributed by atoms with Gasteiger partial charge in [-0.1, -0.05) is 0 Å². The lowest BCUT2D eigenvalue weighted by molar-refractivity contribution is -0.223. The normalized spacial score (nSPS) is 26.5. The minimum atomic E-state index is -4.80. The van der Waals surface area contributed by atoms with Gasteiger partial charge in [-0.25, -0.2) is 13.2 Å². The standard InChI is InChI=1S/C18H8F7NO/c19-8-3-7(6-26)4-9(5-8)27-11-2-1-10-12-13(11)15(20)16(21)14(12)18(24,25)17(10,22)23/h1-5,14-16H. The van der Waals surface area contributed by atoms with Crippen molar-refractivity contribution in [3.05, 3.63) is 58.4 Å². The molecule has 2 aliphatic carbocycles. The van der Waals surface area contributed by atoms with Gasteiger partial charge in [-0.05, 0) is 29.8 Å². The molecule has 0 fully saturated rings. The highest BCUT2D eigenvalue weighted by molar-refractivity contribution is 5.60. The van der Waals surface area contributed by atoms with Crippen LogP contribution < -0.4 is 4.74 Å². The summed E-state index contributed by atoms with van der Waals surface area (Å²) in [4.78, 5) is 0. The van der Waals surface area contributed by atoms with Crippen LogP contribution in [0.15, 0.2) is 30.3 Å². The molecule has 2 aromatic rings. The zero-order chi connectivity index (χ0) is 19.7. The third-order valence-electron chi connectivity index (χ3n) is 4.81. The Morgan fingerprint density at radius 2 is 1.70 bits per heavy atom. The maximum absolute atomic E-state index is 14.4. The second-order valence-corrected chi connectivity index (χ2v) is 6.35. The van der Waals surface area contributed by atoms with Gasteiger partial charge in [-0.3, -0.25) is 0 Å². The van der Waals surface area contributed by atoms with Crippen LogP contribution in [0, 0.1) is 17.1 Å². The predicted octanol–water partition coefficient (Wildman–Crippen LogP) is 5.68. The van der Waals surface area contributed by atoms with Crippen LogP contribution >= 0.6 is 0 Å². The number of benzene rings is 2. The van der Waals surface area contributed by atoms with Crippen molar-refractivity contribution in [3.8, 4) is 17.6 Å². The lowest BCUT2D eigenvalue weighted by Gasteiger charge is -2.25. The number of alkyl halides is 6. The van der Waals surface area contributed by atoms with Crippen molar-refractivity contribution < 1.29 is 35.5 Å². The van der Waals surface area contributed by atoms with Crippen LogP contribution in [0.4, 0.5) is 30.7 Å². The molecule has 2 aliphatic rings. The number of ether oxygens (including phenoxy) is 1. The molecular formula is C18H8F7NO. The minimum Gasteiger partial charge on any atom is -0.457 e. The Morgan fingerprint density at radius 1 is 1.00 bits per heavy atom. The lowest BCUT2D eigenvalue weighted by atomic mass is 9.99. The van der Waals surface area contributed by atoms with Crippen LogP contribution in [0.25, 0.3) is 0 Å². The molecule has 0 saturated carbocycles. The number of nitriles is 1. The smallest absolute Gasteiger partial charge is 0.336 e. The van der Waals surface area contributed by atoms with Crippen LogP contribution in [0.3, 0.4) is 0 Å². The molecular weight excluding hydrogens is 379 g/mol. The van der Waals surface area contributed by atoms with Crippen molar-refractivity contribution >= 4 is 0 Å². The average Bonchev–Trinajstić information content (AvgIpc) is 2.94. The molecule has 0 aromatic heterocycles. The Morgan fingerprint density at radius 3 is 2.37 bits per heavy atom. The molecule has 3 unspecified atom stereocenters. The summed E-state index contributed by atoms with van der Waals surface area (Å²) in [5.74, 6) is -13.7. The van der Waals surface area contributed by atoms with E-state index in [1.54, 1.807) is 6.07 Å². The van der Waals surface area contributed by atoms with E-state index in [2.05, 4.69) is 0 Å². The Hall–Kier alpha value is -2.76. The van der Waals surface area contributed by atoms with Crippen molar-refractivity contribution in [2.24, 2.45) is 0 Å². The third kappa shape index (κ3) is 2.19. The van der Waals surface area contributed by atoms with E-state index in [1.807, 2.05) is 0 Å². The molecule has 27 heavy (non-hydrogen) atoms. The summed E-state index contributed by atoms with van der Waals surface area (Å²) in [6, 6.07) is 5.89. The Labute approximate surface area is 147 Å². The maximum atomic E-state index is 14.4. The maximum Gasteiger partial charge on any atom is 0.336 e. The molecule has 140 valence electrons. The van der Waals surface area contributed by atoms with Gasteiger partial charge in [0.2, 0.25) is 0 Å². The van der Waals surface area contributed by atoms with Gasteiger partial charge >= 0.3 is 11.8 Å². The summed E-state index contributed by atoms with van der Waals surface area (Å²) < 4.78 is 104. The quantitative estimate of drug-likeness (QED) is 0.622. The fourth-order valence-corrected chi connectivity index (χ4v) is 3.66. The lowest BCUT2D eigenvalue weighted by Crippen LogP contribution is -2.39. The molecule has 0 heterocycles. The monoisotopic (exact) mass is 387 g/mol. The molecule has 2 nitrogen and oxygen atoms in total. The summed E-state index contributed by atoms with van der Waals surface area (Å²) in [6.45, 7) is 0. The molecule has 9 heteroatoms. The van der Waals surface area contributed by atoms with Crippen LogP contribution in [0.1, 0.15) is 34.3 Å². The Bertz CT molecular complexity index is 998. The summed E-state index contributed by atoms with van der Waals surface area (Å²) in [6.07, 6.45) is -5.49. The van der Waals surface area contributed by atoms with Crippen LogP contribution in [-0.2, 0) is 5.92 Å². The summed E-state index contributed by atoms with van der Waals surface area (Å²) in [5.41, 5.74) is -2.86. The predicted molar refractivity (Wildman–Crippen MR) is 78.0 cm³/mol. The highest BCUT2D eigenvalue weighted by Gasteiger charge is 2.74. The zero-order valence-corrected chi connectivity index (χ0v) is 13.1. The second kappa shape index (κ2) is 5.38. The van der Waals surface area contributed by atoms with Gasteiger partial charge in [0.15, 0.2) is 6.17 Å². The molecule has 0 radical (unpaired) electrons. The molecule has 0 N–H and O–H groups in total. The zero-order valence-electron chi connectivity index (χ0n) is 13.1. The van der Waals surface area contributed by atoms with Crippen LogP contribution in [0.2, 0.25) is 0 Å². The number of hydrogen-bond acceptors (Lipinski definition) is 2. The van der Waals surface area contributed by atoms with Gasteiger partial charge in [0, 0.05) is 17.2 Å². The van der Waals surface area contributed by atoms with Gasteiger partial charge in [-0.15, -0.1) is 0 Å². The summed E-state index contributed by atoms with van der Waals surface area (Å²) in [7, 11) is 0. The number of halogens is 7. The van der Waals surface area contributed by atoms with E-state index in [0.29, 0.717) is 6.07 Å². The summed E-state index contributed by atoms with van der Waals surface area (Å²) in [5, 5.41) is 8.83. The van der Waals surface area contributed by atoms with Crippen LogP contribution in [-0.4, -0.2) is 12.1 Å². The molecule has 2 aromatic carbocycles. The summed E-state index contributed by atoms with van der Waals surface area (Å²) >= 11 is 0. The van der Waals surface area contributed by atoms with E-state index >= 15 is 0 Å². The largest absolute Gasteiger partial charge is 0.457 e. The van der Waals surface area contributed by atoms with Crippen molar-refractivity contribution in [2.45, 2.75) is 30.1 Å². The first-order valence-electron chi connectivity index (χ1n) is 7.69. The van der Waals surface area contributed by atoms with E-state index in [9.17, 15) is 30.7 Å². The van der Waals surface area contributed by atoms with Crippen LogP contribution in [0.5, 0.6) is 11.5 Å². The average molecular weight is 387 g/mol. The Balaban J connectivity index is 1.87. The van der Waals surface area contributed by atoms with Crippen molar-refractivity contribution in [1.29, 1.82) is 5.26 Å². The van der Waals surface area contributed by atoms with Crippen molar-refractivity contribution in [3.63, 3.8) is 0 Å². The van der Waals surface area contributed by atoms with E-state index in [-0.39, 0.29) is 11.3 Å². The van der Waals surface area contributed by atoms with Gasteiger partial charge in [0.25, 0.3) is 0 Å². The fraction of sp³-hybridized carbons (Fsp3) is 0.278. The molecule has 0 saturated heterocycles. The Kier molecular flexibility index (Phi) is 3.51. The van der Waals surface area contributed by atoms with Gasteiger partial charge < -0.3 is 4.74 Å². The molecule has 0 spiro atoms. The number of hydrogen-bond donors (Lipinski definition) is 0. The topological polar surface area (TPSA) is 33.0 Å². The first-order valence-corrected chi connectivity index (χ1v) is 7.69. The van der Waals surface area contributed by atoms with Crippen molar-refractivity contribution in [2.75, 3.05) is 0 Å². The van der Waals surface area contributed by atoms with E-state index in [0.717, 1.165) is 24.3 Å². The third-order valence-corrected chi connectivity index (χ3v) is 4.81. The van der Waals surface area contributed by atoms with E-state index in [4.69, 9.17) is 10.00 Å². The number of nitrogens with zero attached hydrogens (tertiary/aromatic N) is 1. The molecule has 0 amide bonds. The number of rotatable bonds is 2.